The van der Waals surface area contributed by atoms with E-state index in [2.05, 4.69) is 15.1 Å². The molecule has 5 aliphatic rings. The van der Waals surface area contributed by atoms with Crippen molar-refractivity contribution in [2.45, 2.75) is 68.8 Å². The number of nitrogens with one attached hydrogen (secondary N) is 1. The van der Waals surface area contributed by atoms with E-state index >= 15 is 0 Å². The van der Waals surface area contributed by atoms with Crippen LogP contribution in [0.5, 0.6) is 0 Å². The van der Waals surface area contributed by atoms with Crippen molar-refractivity contribution in [3.8, 4) is 0 Å². The van der Waals surface area contributed by atoms with Crippen molar-refractivity contribution in [1.82, 2.24) is 10.2 Å². The Morgan fingerprint density at radius 3 is 2.19 bits per heavy atom. The second kappa shape index (κ2) is 7.62. The summed E-state index contributed by atoms with van der Waals surface area (Å²) in [6, 6.07) is 5.01. The number of nitrogens with zero attached hydrogens (tertiary/aromatic N) is 2. The summed E-state index contributed by atoms with van der Waals surface area (Å²) in [7, 11) is 0. The molecule has 0 spiro atoms. The minimum atomic E-state index is -4.33. The first-order valence-corrected chi connectivity index (χ1v) is 11.7. The van der Waals surface area contributed by atoms with Gasteiger partial charge in [0, 0.05) is 37.4 Å². The molecule has 2 N–H and O–H groups in total. The van der Waals surface area contributed by atoms with Crippen molar-refractivity contribution in [1.29, 1.82) is 0 Å². The summed E-state index contributed by atoms with van der Waals surface area (Å²) < 4.78 is 38.4. The fourth-order valence-corrected chi connectivity index (χ4v) is 7.12. The van der Waals surface area contributed by atoms with Crippen LogP contribution in [0.3, 0.4) is 0 Å². The number of alkyl halides is 3. The Morgan fingerprint density at radius 1 is 1.06 bits per heavy atom. The van der Waals surface area contributed by atoms with Gasteiger partial charge in [0.15, 0.2) is 0 Å². The zero-order valence-corrected chi connectivity index (χ0v) is 18.5. The molecular formula is C24H32F3N3O2. The molecule has 6 rings (SSSR count). The fraction of sp³-hybridized carbons (Fsp3) is 0.708. The molecule has 1 aliphatic heterocycles. The molecule has 0 radical (unpaired) electrons. The molecule has 5 fully saturated rings. The Bertz CT molecular complexity index is 850. The van der Waals surface area contributed by atoms with Gasteiger partial charge in [-0.25, -0.2) is 0 Å². The maximum absolute atomic E-state index is 13.2. The highest BCUT2D eigenvalue weighted by Gasteiger charge is 2.57. The molecule has 1 heterocycles. The van der Waals surface area contributed by atoms with Gasteiger partial charge in [-0.1, -0.05) is 0 Å². The number of halogens is 3. The third-order valence-electron chi connectivity index (χ3n) is 8.22. The molecule has 1 saturated heterocycles. The molecule has 0 aromatic heterocycles. The standard InChI is InChI=1S/C24H32F3N3O2/c1-16(21(31)28-22-11-17-10-18(12-22)14-23(32,13-17)15-22)29-6-8-30(9-7-29)20-4-2-19(3-5-20)24(25,26)27/h2-5,16-18,32H,6-15H2,1H3,(H,28,31). The van der Waals surface area contributed by atoms with Gasteiger partial charge in [-0.2, -0.15) is 13.2 Å². The smallest absolute Gasteiger partial charge is 0.390 e. The van der Waals surface area contributed by atoms with Crippen LogP contribution in [0.2, 0.25) is 0 Å². The molecule has 3 unspecified atom stereocenters. The van der Waals surface area contributed by atoms with E-state index in [-0.39, 0.29) is 17.5 Å². The van der Waals surface area contributed by atoms with Crippen molar-refractivity contribution in [2.24, 2.45) is 11.8 Å². The summed E-state index contributed by atoms with van der Waals surface area (Å²) >= 11 is 0. The van der Waals surface area contributed by atoms with Crippen molar-refractivity contribution in [3.63, 3.8) is 0 Å². The van der Waals surface area contributed by atoms with Gasteiger partial charge in [0.05, 0.1) is 17.2 Å². The Morgan fingerprint density at radius 2 is 1.66 bits per heavy atom. The van der Waals surface area contributed by atoms with Gasteiger partial charge in [-0.15, -0.1) is 0 Å². The van der Waals surface area contributed by atoms with Crippen molar-refractivity contribution < 1.29 is 23.1 Å². The number of amides is 1. The van der Waals surface area contributed by atoms with E-state index in [0.29, 0.717) is 44.4 Å². The summed E-state index contributed by atoms with van der Waals surface area (Å²) in [4.78, 5) is 17.4. The van der Waals surface area contributed by atoms with Crippen LogP contribution in [0.15, 0.2) is 24.3 Å². The van der Waals surface area contributed by atoms with Crippen LogP contribution in [0, 0.1) is 11.8 Å². The lowest BCUT2D eigenvalue weighted by molar-refractivity contribution is -0.153. The highest BCUT2D eigenvalue weighted by atomic mass is 19.4. The van der Waals surface area contributed by atoms with Gasteiger partial charge >= 0.3 is 6.18 Å². The number of anilines is 1. The van der Waals surface area contributed by atoms with Crippen molar-refractivity contribution >= 4 is 11.6 Å². The SMILES string of the molecule is CC(C(=O)NC12CC3CC(CC(O)(C3)C1)C2)N1CCN(c2ccc(C(F)(F)F)cc2)CC1. The van der Waals surface area contributed by atoms with Gasteiger partial charge in [0.1, 0.15) is 0 Å². The quantitative estimate of drug-likeness (QED) is 0.737. The van der Waals surface area contributed by atoms with Crippen LogP contribution < -0.4 is 10.2 Å². The van der Waals surface area contributed by atoms with Crippen LogP contribution in [0.1, 0.15) is 51.0 Å². The van der Waals surface area contributed by atoms with Gasteiger partial charge in [-0.3, -0.25) is 9.69 Å². The third-order valence-corrected chi connectivity index (χ3v) is 8.22. The molecule has 176 valence electrons. The Balaban J connectivity index is 1.17. The van der Waals surface area contributed by atoms with Crippen molar-refractivity contribution in [3.05, 3.63) is 29.8 Å². The first-order chi connectivity index (χ1) is 15.0. The fourth-order valence-electron chi connectivity index (χ4n) is 7.12. The van der Waals surface area contributed by atoms with E-state index in [9.17, 15) is 23.1 Å². The predicted molar refractivity (Wildman–Crippen MR) is 115 cm³/mol. The van der Waals surface area contributed by atoms with E-state index in [1.165, 1.54) is 18.6 Å². The normalized spacial score (nSPS) is 35.7. The summed E-state index contributed by atoms with van der Waals surface area (Å²) in [6.07, 6.45) is 1.24. The average molecular weight is 452 g/mol. The molecule has 8 heteroatoms. The van der Waals surface area contributed by atoms with Gasteiger partial charge < -0.3 is 15.3 Å². The molecule has 1 aromatic rings. The highest BCUT2D eigenvalue weighted by Crippen LogP contribution is 2.57. The number of benzene rings is 1. The highest BCUT2D eigenvalue weighted by molar-refractivity contribution is 5.82. The molecule has 3 atom stereocenters. The molecule has 32 heavy (non-hydrogen) atoms. The minimum Gasteiger partial charge on any atom is -0.390 e. The van der Waals surface area contributed by atoms with E-state index < -0.39 is 17.3 Å². The largest absolute Gasteiger partial charge is 0.416 e. The summed E-state index contributed by atoms with van der Waals surface area (Å²) in [6.45, 7) is 4.62. The van der Waals surface area contributed by atoms with Crippen molar-refractivity contribution in [2.75, 3.05) is 31.1 Å². The first-order valence-electron chi connectivity index (χ1n) is 11.7. The number of hydrogen-bond acceptors (Lipinski definition) is 4. The number of carbonyl (C=O) groups is 1. The Kier molecular flexibility index (Phi) is 5.24. The van der Waals surface area contributed by atoms with Gasteiger partial charge in [0.2, 0.25) is 5.91 Å². The Labute approximate surface area is 186 Å². The minimum absolute atomic E-state index is 0.0264. The monoisotopic (exact) mass is 451 g/mol. The molecular weight excluding hydrogens is 419 g/mol. The topological polar surface area (TPSA) is 55.8 Å². The van der Waals surface area contributed by atoms with E-state index in [1.54, 1.807) is 0 Å². The average Bonchev–Trinajstić information content (AvgIpc) is 2.70. The second-order valence-corrected chi connectivity index (χ2v) is 10.7. The van der Waals surface area contributed by atoms with Crippen LogP contribution in [-0.4, -0.2) is 59.3 Å². The van der Waals surface area contributed by atoms with E-state index in [0.717, 1.165) is 43.5 Å². The number of carbonyl (C=O) groups excluding carboxylic acids is 1. The maximum Gasteiger partial charge on any atom is 0.416 e. The van der Waals surface area contributed by atoms with E-state index in [4.69, 9.17) is 0 Å². The Hall–Kier alpha value is -1.80. The summed E-state index contributed by atoms with van der Waals surface area (Å²) in [5.74, 6) is 1.06. The lowest BCUT2D eigenvalue weighted by atomic mass is 9.51. The van der Waals surface area contributed by atoms with Gasteiger partial charge in [0.25, 0.3) is 0 Å². The zero-order valence-electron chi connectivity index (χ0n) is 18.5. The van der Waals surface area contributed by atoms with E-state index in [1.807, 2.05) is 6.92 Å². The predicted octanol–water partition coefficient (Wildman–Crippen LogP) is 3.42. The zero-order chi connectivity index (χ0) is 22.7. The second-order valence-electron chi connectivity index (χ2n) is 10.7. The summed E-state index contributed by atoms with van der Waals surface area (Å²) in [5.41, 5.74) is -0.726. The lowest BCUT2D eigenvalue weighted by Gasteiger charge is -2.60. The van der Waals surface area contributed by atoms with Crippen LogP contribution in [0.25, 0.3) is 0 Å². The van der Waals surface area contributed by atoms with Crippen LogP contribution >= 0.6 is 0 Å². The third kappa shape index (κ3) is 4.12. The summed E-state index contributed by atoms with van der Waals surface area (Å²) in [5, 5.41) is 14.3. The number of hydrogen-bond donors (Lipinski definition) is 2. The first kappa shape index (κ1) is 22.0. The number of piperazine rings is 1. The maximum atomic E-state index is 13.2. The van der Waals surface area contributed by atoms with Gasteiger partial charge in [-0.05, 0) is 81.5 Å². The molecule has 4 bridgehead atoms. The molecule has 1 amide bonds. The van der Waals surface area contributed by atoms with Crippen LogP contribution in [-0.2, 0) is 11.0 Å². The van der Waals surface area contributed by atoms with Crippen LogP contribution in [0.4, 0.5) is 18.9 Å². The molecule has 4 saturated carbocycles. The molecule has 5 nitrogen and oxygen atoms in total. The number of rotatable bonds is 4. The molecule has 1 aromatic carbocycles. The number of aliphatic hydroxyl groups is 1. The lowest BCUT2D eigenvalue weighted by Crippen LogP contribution is -2.67. The molecule has 4 aliphatic carbocycles.